The van der Waals surface area contributed by atoms with E-state index in [-0.39, 0.29) is 6.42 Å². The lowest BCUT2D eigenvalue weighted by atomic mass is 10.1. The smallest absolute Gasteiger partial charge is 0.308 e. The Balaban J connectivity index is 2.42. The van der Waals surface area contributed by atoms with Crippen molar-refractivity contribution >= 4 is 17.3 Å². The van der Waals surface area contributed by atoms with Gasteiger partial charge in [0, 0.05) is 10.4 Å². The van der Waals surface area contributed by atoms with Gasteiger partial charge in [-0.3, -0.25) is 4.79 Å². The van der Waals surface area contributed by atoms with Crippen LogP contribution in [0.5, 0.6) is 0 Å². The number of rotatable bonds is 5. The molecule has 0 amide bonds. The summed E-state index contributed by atoms with van der Waals surface area (Å²) in [7, 11) is 0. The van der Waals surface area contributed by atoms with Crippen molar-refractivity contribution in [3.8, 4) is 10.6 Å². The van der Waals surface area contributed by atoms with Crippen molar-refractivity contribution in [1.29, 1.82) is 0 Å². The van der Waals surface area contributed by atoms with Gasteiger partial charge in [-0.1, -0.05) is 37.6 Å². The first-order valence-electron chi connectivity index (χ1n) is 6.38. The summed E-state index contributed by atoms with van der Waals surface area (Å²) in [6, 6.07) is 8.07. The van der Waals surface area contributed by atoms with Crippen LogP contribution < -0.4 is 0 Å². The number of nitrogens with zero attached hydrogens (tertiary/aromatic N) is 1. The fourth-order valence-electron chi connectivity index (χ4n) is 2.02. The zero-order valence-corrected chi connectivity index (χ0v) is 12.0. The molecule has 2 rings (SSSR count). The molecule has 0 saturated heterocycles. The Bertz CT molecular complexity index is 590. The molecule has 0 fully saturated rings. The molecule has 1 N–H and O–H groups in total. The van der Waals surface area contributed by atoms with Crippen LogP contribution in [0.3, 0.4) is 0 Å². The van der Waals surface area contributed by atoms with Gasteiger partial charge in [0.15, 0.2) is 0 Å². The molecule has 0 unspecified atom stereocenters. The van der Waals surface area contributed by atoms with Gasteiger partial charge in [0.2, 0.25) is 0 Å². The van der Waals surface area contributed by atoms with E-state index in [0.29, 0.717) is 0 Å². The van der Waals surface area contributed by atoms with E-state index in [9.17, 15) is 4.79 Å². The average Bonchev–Trinajstić information content (AvgIpc) is 2.72. The number of carboxylic acid groups (broad SMARTS) is 1. The number of hydrogen-bond donors (Lipinski definition) is 1. The minimum absolute atomic E-state index is 0.0683. The fourth-order valence-corrected chi connectivity index (χ4v) is 3.21. The third kappa shape index (κ3) is 3.20. The van der Waals surface area contributed by atoms with Crippen LogP contribution in [0.4, 0.5) is 0 Å². The van der Waals surface area contributed by atoms with Crippen molar-refractivity contribution in [3.05, 3.63) is 40.4 Å². The maximum absolute atomic E-state index is 10.9. The Kier molecular flexibility index (Phi) is 4.32. The summed E-state index contributed by atoms with van der Waals surface area (Å²) in [5, 5.41) is 9.90. The SMILES string of the molecule is CCCc1nc(-c2ccccc2C)sc1CC(=O)O. The van der Waals surface area contributed by atoms with Crippen molar-refractivity contribution in [1.82, 2.24) is 4.98 Å². The van der Waals surface area contributed by atoms with Gasteiger partial charge in [-0.25, -0.2) is 4.98 Å². The first-order chi connectivity index (χ1) is 9.11. The second-order valence-corrected chi connectivity index (χ2v) is 5.61. The molecule has 1 aromatic carbocycles. The van der Waals surface area contributed by atoms with Crippen LogP contribution in [0.1, 0.15) is 29.5 Å². The number of carbonyl (C=O) groups is 1. The molecular formula is C15H17NO2S. The number of carboxylic acids is 1. The Morgan fingerprint density at radius 3 is 2.74 bits per heavy atom. The number of aryl methyl sites for hydroxylation is 2. The number of benzene rings is 1. The highest BCUT2D eigenvalue weighted by Crippen LogP contribution is 2.31. The van der Waals surface area contributed by atoms with Gasteiger partial charge in [-0.05, 0) is 18.9 Å². The molecule has 3 nitrogen and oxygen atoms in total. The highest BCUT2D eigenvalue weighted by atomic mass is 32.1. The summed E-state index contributed by atoms with van der Waals surface area (Å²) in [5.74, 6) is -0.794. The minimum Gasteiger partial charge on any atom is -0.481 e. The fraction of sp³-hybridized carbons (Fsp3) is 0.333. The maximum atomic E-state index is 10.9. The van der Waals surface area contributed by atoms with E-state index in [0.717, 1.165) is 34.0 Å². The van der Waals surface area contributed by atoms with Gasteiger partial charge in [0.25, 0.3) is 0 Å². The van der Waals surface area contributed by atoms with Crippen LogP contribution in [0.2, 0.25) is 0 Å². The standard InChI is InChI=1S/C15H17NO2S/c1-3-6-12-13(9-14(17)18)19-15(16-12)11-8-5-4-7-10(11)2/h4-5,7-8H,3,6,9H2,1-2H3,(H,17,18). The largest absolute Gasteiger partial charge is 0.481 e. The highest BCUT2D eigenvalue weighted by molar-refractivity contribution is 7.15. The molecule has 0 aliphatic rings. The first kappa shape index (κ1) is 13.7. The van der Waals surface area contributed by atoms with E-state index in [2.05, 4.69) is 11.9 Å². The van der Waals surface area contributed by atoms with Crippen molar-refractivity contribution in [3.63, 3.8) is 0 Å². The van der Waals surface area contributed by atoms with Gasteiger partial charge in [0.1, 0.15) is 5.01 Å². The lowest BCUT2D eigenvalue weighted by Crippen LogP contribution is -2.01. The zero-order chi connectivity index (χ0) is 13.8. The summed E-state index contributed by atoms with van der Waals surface area (Å²) >= 11 is 1.50. The first-order valence-corrected chi connectivity index (χ1v) is 7.19. The molecule has 100 valence electrons. The quantitative estimate of drug-likeness (QED) is 0.905. The Labute approximate surface area is 116 Å². The van der Waals surface area contributed by atoms with Gasteiger partial charge in [-0.2, -0.15) is 0 Å². The molecule has 4 heteroatoms. The molecule has 0 spiro atoms. The van der Waals surface area contributed by atoms with Crippen LogP contribution in [0, 0.1) is 6.92 Å². The van der Waals surface area contributed by atoms with Gasteiger partial charge in [0.05, 0.1) is 12.1 Å². The third-order valence-corrected chi connectivity index (χ3v) is 4.08. The monoisotopic (exact) mass is 275 g/mol. The average molecular weight is 275 g/mol. The van der Waals surface area contributed by atoms with E-state index in [1.165, 1.54) is 16.9 Å². The van der Waals surface area contributed by atoms with Crippen LogP contribution in [-0.2, 0) is 17.6 Å². The van der Waals surface area contributed by atoms with Crippen LogP contribution in [-0.4, -0.2) is 16.1 Å². The van der Waals surface area contributed by atoms with E-state index in [4.69, 9.17) is 5.11 Å². The molecule has 19 heavy (non-hydrogen) atoms. The molecule has 0 atom stereocenters. The number of aromatic nitrogens is 1. The molecule has 1 aromatic heterocycles. The third-order valence-electron chi connectivity index (χ3n) is 2.95. The van der Waals surface area contributed by atoms with Crippen molar-refractivity contribution in [2.75, 3.05) is 0 Å². The van der Waals surface area contributed by atoms with E-state index < -0.39 is 5.97 Å². The van der Waals surface area contributed by atoms with Crippen molar-refractivity contribution < 1.29 is 9.90 Å². The second-order valence-electron chi connectivity index (χ2n) is 4.52. The lowest BCUT2D eigenvalue weighted by molar-refractivity contribution is -0.136. The number of hydrogen-bond acceptors (Lipinski definition) is 3. The van der Waals surface area contributed by atoms with E-state index in [1.54, 1.807) is 0 Å². The van der Waals surface area contributed by atoms with Gasteiger partial charge in [-0.15, -0.1) is 11.3 Å². The van der Waals surface area contributed by atoms with E-state index >= 15 is 0 Å². The Morgan fingerprint density at radius 2 is 2.11 bits per heavy atom. The molecule has 2 aromatic rings. The van der Waals surface area contributed by atoms with Gasteiger partial charge < -0.3 is 5.11 Å². The molecule has 0 aliphatic heterocycles. The molecule has 0 saturated carbocycles. The number of aliphatic carboxylic acids is 1. The zero-order valence-electron chi connectivity index (χ0n) is 11.1. The molecular weight excluding hydrogens is 258 g/mol. The minimum atomic E-state index is -0.794. The molecule has 0 bridgehead atoms. The van der Waals surface area contributed by atoms with Gasteiger partial charge >= 0.3 is 5.97 Å². The highest BCUT2D eigenvalue weighted by Gasteiger charge is 2.15. The molecule has 0 aliphatic carbocycles. The number of thiazole rings is 1. The Morgan fingerprint density at radius 1 is 1.37 bits per heavy atom. The van der Waals surface area contributed by atoms with Crippen LogP contribution in [0.25, 0.3) is 10.6 Å². The van der Waals surface area contributed by atoms with E-state index in [1.807, 2.05) is 31.2 Å². The molecule has 0 radical (unpaired) electrons. The molecule has 1 heterocycles. The topological polar surface area (TPSA) is 50.2 Å². The normalized spacial score (nSPS) is 10.6. The predicted molar refractivity (Wildman–Crippen MR) is 77.6 cm³/mol. The second kappa shape index (κ2) is 5.97. The summed E-state index contributed by atoms with van der Waals surface area (Å²) in [6.45, 7) is 4.13. The van der Waals surface area contributed by atoms with Crippen LogP contribution >= 0.6 is 11.3 Å². The van der Waals surface area contributed by atoms with Crippen LogP contribution in [0.15, 0.2) is 24.3 Å². The summed E-state index contributed by atoms with van der Waals surface area (Å²) in [4.78, 5) is 16.4. The maximum Gasteiger partial charge on any atom is 0.308 e. The summed E-state index contributed by atoms with van der Waals surface area (Å²) in [5.41, 5.74) is 3.20. The lowest BCUT2D eigenvalue weighted by Gasteiger charge is -2.00. The Hall–Kier alpha value is -1.68. The summed E-state index contributed by atoms with van der Waals surface area (Å²) < 4.78 is 0. The van der Waals surface area contributed by atoms with Crippen molar-refractivity contribution in [2.24, 2.45) is 0 Å². The van der Waals surface area contributed by atoms with Crippen molar-refractivity contribution in [2.45, 2.75) is 33.1 Å². The summed E-state index contributed by atoms with van der Waals surface area (Å²) in [6.07, 6.45) is 1.88. The predicted octanol–water partition coefficient (Wildman–Crippen LogP) is 3.70.